The molecule has 0 bridgehead atoms. The minimum atomic E-state index is 0.0491. The van der Waals surface area contributed by atoms with Gasteiger partial charge in [0.1, 0.15) is 12.0 Å². The van der Waals surface area contributed by atoms with Crippen molar-refractivity contribution >= 4 is 16.8 Å². The summed E-state index contributed by atoms with van der Waals surface area (Å²) in [6.45, 7) is 5.76. The van der Waals surface area contributed by atoms with E-state index in [9.17, 15) is 4.79 Å². The number of hydrogen-bond donors (Lipinski definition) is 1. The van der Waals surface area contributed by atoms with Crippen LogP contribution in [-0.4, -0.2) is 26.8 Å². The summed E-state index contributed by atoms with van der Waals surface area (Å²) < 4.78 is 5.71. The van der Waals surface area contributed by atoms with E-state index in [2.05, 4.69) is 15.0 Å². The molecule has 5 heteroatoms. The van der Waals surface area contributed by atoms with Crippen molar-refractivity contribution in [1.82, 2.24) is 15.0 Å². The Bertz CT molecular complexity index is 629. The first-order valence-electron chi connectivity index (χ1n) is 6.78. The number of nitrogens with zero attached hydrogens (tertiary/aromatic N) is 2. The fourth-order valence-corrected chi connectivity index (χ4v) is 1.90. The molecule has 2 heterocycles. The molecule has 2 aromatic heterocycles. The number of ether oxygens (including phenoxy) is 1. The Balaban J connectivity index is 2.29. The predicted molar refractivity (Wildman–Crippen MR) is 77.8 cm³/mol. The lowest BCUT2D eigenvalue weighted by Gasteiger charge is -2.09. The van der Waals surface area contributed by atoms with Gasteiger partial charge in [0.05, 0.1) is 11.5 Å². The first-order chi connectivity index (χ1) is 9.61. The molecule has 0 aliphatic carbocycles. The number of fused-ring (bicyclic) bond motifs is 1. The number of allylic oxidation sites excluding steroid dienone is 2. The average molecular weight is 273 g/mol. The smallest absolute Gasteiger partial charge is 0.226 e. The van der Waals surface area contributed by atoms with Crippen LogP contribution in [0.2, 0.25) is 0 Å². The van der Waals surface area contributed by atoms with Gasteiger partial charge in [-0.2, -0.15) is 0 Å². The Kier molecular flexibility index (Phi) is 4.50. The van der Waals surface area contributed by atoms with Gasteiger partial charge in [-0.15, -0.1) is 0 Å². The van der Waals surface area contributed by atoms with E-state index in [1.54, 1.807) is 6.08 Å². The van der Waals surface area contributed by atoms with Crippen molar-refractivity contribution < 1.29 is 9.53 Å². The molecular formula is C15H19N3O2. The van der Waals surface area contributed by atoms with Crippen LogP contribution in [-0.2, 0) is 11.2 Å². The molecule has 106 valence electrons. The van der Waals surface area contributed by atoms with Crippen LogP contribution < -0.4 is 4.74 Å². The molecule has 2 rings (SSSR count). The number of carbonyl (C=O) groups excluding carboxylic acids is 1. The Morgan fingerprint density at radius 1 is 1.45 bits per heavy atom. The summed E-state index contributed by atoms with van der Waals surface area (Å²) in [5.74, 6) is 0.705. The van der Waals surface area contributed by atoms with E-state index < -0.39 is 0 Å². The molecular weight excluding hydrogens is 254 g/mol. The number of H-pyrrole nitrogens is 1. The SMILES string of the molecule is CCC(=O)C=CCc1c[nH]c2ncnc(OC(C)C)c12. The van der Waals surface area contributed by atoms with E-state index in [4.69, 9.17) is 4.74 Å². The van der Waals surface area contributed by atoms with Crippen LogP contribution in [0.25, 0.3) is 11.0 Å². The molecule has 0 aliphatic heterocycles. The zero-order chi connectivity index (χ0) is 14.5. The summed E-state index contributed by atoms with van der Waals surface area (Å²) in [7, 11) is 0. The van der Waals surface area contributed by atoms with Crippen molar-refractivity contribution in [3.05, 3.63) is 30.2 Å². The van der Waals surface area contributed by atoms with Crippen molar-refractivity contribution in [3.63, 3.8) is 0 Å². The van der Waals surface area contributed by atoms with Crippen LogP contribution in [0.1, 0.15) is 32.8 Å². The van der Waals surface area contributed by atoms with Crippen molar-refractivity contribution in [2.45, 2.75) is 39.7 Å². The van der Waals surface area contributed by atoms with Gasteiger partial charge in [-0.1, -0.05) is 13.0 Å². The van der Waals surface area contributed by atoms with Crippen LogP contribution in [0.15, 0.2) is 24.7 Å². The van der Waals surface area contributed by atoms with Crippen LogP contribution in [0.3, 0.4) is 0 Å². The fourth-order valence-electron chi connectivity index (χ4n) is 1.90. The second-order valence-corrected chi connectivity index (χ2v) is 4.81. The molecule has 0 saturated heterocycles. The number of carbonyl (C=O) groups is 1. The van der Waals surface area contributed by atoms with Gasteiger partial charge < -0.3 is 9.72 Å². The lowest BCUT2D eigenvalue weighted by atomic mass is 10.1. The predicted octanol–water partition coefficient (Wildman–Crippen LogP) is 2.82. The van der Waals surface area contributed by atoms with E-state index in [1.807, 2.05) is 33.0 Å². The molecule has 0 fully saturated rings. The largest absolute Gasteiger partial charge is 0.474 e. The Labute approximate surface area is 118 Å². The molecule has 5 nitrogen and oxygen atoms in total. The molecule has 0 atom stereocenters. The van der Waals surface area contributed by atoms with Gasteiger partial charge in [-0.3, -0.25) is 4.79 Å². The van der Waals surface area contributed by atoms with E-state index in [0.717, 1.165) is 16.6 Å². The average Bonchev–Trinajstić information content (AvgIpc) is 2.82. The van der Waals surface area contributed by atoms with Crippen LogP contribution in [0.4, 0.5) is 0 Å². The Hall–Kier alpha value is -2.17. The Morgan fingerprint density at radius 2 is 2.25 bits per heavy atom. The third kappa shape index (κ3) is 3.23. The number of nitrogens with one attached hydrogen (secondary N) is 1. The second kappa shape index (κ2) is 6.32. The van der Waals surface area contributed by atoms with Gasteiger partial charge in [0.15, 0.2) is 5.78 Å². The summed E-state index contributed by atoms with van der Waals surface area (Å²) in [5, 5.41) is 0.884. The first-order valence-corrected chi connectivity index (χ1v) is 6.78. The van der Waals surface area contributed by atoms with E-state index in [-0.39, 0.29) is 11.9 Å². The maximum absolute atomic E-state index is 11.3. The maximum atomic E-state index is 11.3. The van der Waals surface area contributed by atoms with Crippen molar-refractivity contribution in [2.75, 3.05) is 0 Å². The zero-order valence-electron chi connectivity index (χ0n) is 12.0. The van der Waals surface area contributed by atoms with Crippen LogP contribution in [0.5, 0.6) is 5.88 Å². The van der Waals surface area contributed by atoms with Gasteiger partial charge >= 0.3 is 0 Å². The van der Waals surface area contributed by atoms with Crippen molar-refractivity contribution in [1.29, 1.82) is 0 Å². The summed E-state index contributed by atoms with van der Waals surface area (Å²) >= 11 is 0. The topological polar surface area (TPSA) is 67.9 Å². The Morgan fingerprint density at radius 3 is 2.95 bits per heavy atom. The maximum Gasteiger partial charge on any atom is 0.226 e. The zero-order valence-corrected chi connectivity index (χ0v) is 12.0. The lowest BCUT2D eigenvalue weighted by molar-refractivity contribution is -0.114. The number of aromatic nitrogens is 3. The summed E-state index contributed by atoms with van der Waals surface area (Å²) in [4.78, 5) is 22.8. The third-order valence-electron chi connectivity index (χ3n) is 2.85. The van der Waals surface area contributed by atoms with Gasteiger partial charge in [0.25, 0.3) is 0 Å². The number of rotatable bonds is 6. The summed E-state index contributed by atoms with van der Waals surface area (Å²) in [5.41, 5.74) is 1.78. The number of ketones is 1. The highest BCUT2D eigenvalue weighted by atomic mass is 16.5. The summed E-state index contributed by atoms with van der Waals surface area (Å²) in [6.07, 6.45) is 8.06. The monoisotopic (exact) mass is 273 g/mol. The highest BCUT2D eigenvalue weighted by molar-refractivity contribution is 5.89. The molecule has 0 saturated carbocycles. The standard InChI is InChI=1S/C15H19N3O2/c1-4-12(19)7-5-6-11-8-16-14-13(11)15(18-9-17-14)20-10(2)3/h5,7-10H,4,6H2,1-3H3,(H,16,17,18). The molecule has 0 radical (unpaired) electrons. The highest BCUT2D eigenvalue weighted by Gasteiger charge is 2.12. The second-order valence-electron chi connectivity index (χ2n) is 4.81. The molecule has 0 spiro atoms. The molecule has 2 aromatic rings. The minimum Gasteiger partial charge on any atom is -0.474 e. The number of hydrogen-bond acceptors (Lipinski definition) is 4. The van der Waals surface area contributed by atoms with Crippen molar-refractivity contribution in [2.24, 2.45) is 0 Å². The van der Waals surface area contributed by atoms with Crippen molar-refractivity contribution in [3.8, 4) is 5.88 Å². The normalized spacial score (nSPS) is 11.6. The van der Waals surface area contributed by atoms with E-state index >= 15 is 0 Å². The first kappa shape index (κ1) is 14.2. The molecule has 1 N–H and O–H groups in total. The van der Waals surface area contributed by atoms with Gasteiger partial charge in [0, 0.05) is 12.6 Å². The van der Waals surface area contributed by atoms with Crippen LogP contribution >= 0.6 is 0 Å². The summed E-state index contributed by atoms with van der Waals surface area (Å²) in [6, 6.07) is 0. The molecule has 0 aromatic carbocycles. The molecule has 20 heavy (non-hydrogen) atoms. The molecule has 0 amide bonds. The fraction of sp³-hybridized carbons (Fsp3) is 0.400. The van der Waals surface area contributed by atoms with E-state index in [1.165, 1.54) is 6.33 Å². The molecule has 0 aliphatic rings. The van der Waals surface area contributed by atoms with Gasteiger partial charge in [-0.05, 0) is 31.9 Å². The highest BCUT2D eigenvalue weighted by Crippen LogP contribution is 2.26. The van der Waals surface area contributed by atoms with Gasteiger partial charge in [0.2, 0.25) is 5.88 Å². The quantitative estimate of drug-likeness (QED) is 0.822. The number of aromatic amines is 1. The minimum absolute atomic E-state index is 0.0491. The van der Waals surface area contributed by atoms with Crippen LogP contribution in [0, 0.1) is 0 Å². The van der Waals surface area contributed by atoms with E-state index in [0.29, 0.717) is 18.7 Å². The lowest BCUT2D eigenvalue weighted by Crippen LogP contribution is -2.07. The molecule has 0 unspecified atom stereocenters. The third-order valence-corrected chi connectivity index (χ3v) is 2.85. The van der Waals surface area contributed by atoms with Gasteiger partial charge in [-0.25, -0.2) is 9.97 Å².